The van der Waals surface area contributed by atoms with E-state index in [9.17, 15) is 0 Å². The lowest BCUT2D eigenvalue weighted by Gasteiger charge is -2.43. The van der Waals surface area contributed by atoms with Gasteiger partial charge in [-0.05, 0) is 139 Å². The fraction of sp³-hybridized carbons (Fsp3) is 0.0588. The Hall–Kier alpha value is -8.57. The molecule has 340 valence electrons. The molecule has 0 saturated carbocycles. The van der Waals surface area contributed by atoms with Crippen LogP contribution in [0.25, 0.3) is 55.0 Å². The topological polar surface area (TPSA) is 19.6 Å². The minimum absolute atomic E-state index is 0.378. The first kappa shape index (κ1) is 41.2. The molecule has 72 heavy (non-hydrogen) atoms. The highest BCUT2D eigenvalue weighted by molar-refractivity contribution is 7.99. The van der Waals surface area contributed by atoms with Crippen molar-refractivity contribution in [2.45, 2.75) is 34.5 Å². The first-order valence-corrected chi connectivity index (χ1v) is 25.7. The minimum atomic E-state index is -0.565. The number of nitrogens with zero attached hydrogens (tertiary/aromatic N) is 2. The normalized spacial score (nSPS) is 14.1. The fourth-order valence-electron chi connectivity index (χ4n) is 12.8. The first-order chi connectivity index (χ1) is 35.5. The summed E-state index contributed by atoms with van der Waals surface area (Å²) in [5, 5.41) is 4.60. The molecule has 0 bridgehead atoms. The molecule has 2 aliphatic carbocycles. The van der Waals surface area contributed by atoms with Crippen LogP contribution in [-0.2, 0) is 10.8 Å². The number of para-hydroxylation sites is 4. The zero-order valence-electron chi connectivity index (χ0n) is 39.8. The van der Waals surface area contributed by atoms with Gasteiger partial charge in [-0.1, -0.05) is 195 Å². The lowest BCUT2D eigenvalue weighted by molar-refractivity contribution is 0.632. The summed E-state index contributed by atoms with van der Waals surface area (Å²) >= 11 is 1.96. The molecule has 11 aromatic carbocycles. The van der Waals surface area contributed by atoms with Crippen LogP contribution in [0.5, 0.6) is 0 Å². The smallest absolute Gasteiger partial charge is 0.159 e. The van der Waals surface area contributed by atoms with Crippen LogP contribution in [0, 0.1) is 0 Å². The molecule has 1 aliphatic heterocycles. The van der Waals surface area contributed by atoms with E-state index in [1.165, 1.54) is 81.9 Å². The van der Waals surface area contributed by atoms with Gasteiger partial charge in [0.2, 0.25) is 0 Å². The van der Waals surface area contributed by atoms with E-state index in [4.69, 9.17) is 4.42 Å². The van der Waals surface area contributed by atoms with Crippen molar-refractivity contribution in [2.75, 3.05) is 9.80 Å². The van der Waals surface area contributed by atoms with Crippen LogP contribution in [0.4, 0.5) is 34.1 Å². The molecular formula is C68H46N2OS. The number of fused-ring (bicyclic) bond motifs is 17. The molecule has 3 aliphatic rings. The van der Waals surface area contributed by atoms with Gasteiger partial charge >= 0.3 is 0 Å². The number of hydrogen-bond donors (Lipinski definition) is 0. The van der Waals surface area contributed by atoms with Gasteiger partial charge in [-0.2, -0.15) is 0 Å². The highest BCUT2D eigenvalue weighted by Crippen LogP contribution is 2.67. The van der Waals surface area contributed by atoms with Gasteiger partial charge in [-0.3, -0.25) is 0 Å². The molecule has 0 N–H and O–H groups in total. The average molecular weight is 939 g/mol. The quantitative estimate of drug-likeness (QED) is 0.165. The Kier molecular flexibility index (Phi) is 8.86. The highest BCUT2D eigenvalue weighted by Gasteiger charge is 2.53. The fourth-order valence-corrected chi connectivity index (χ4v) is 14.4. The number of furan rings is 1. The molecule has 0 saturated heterocycles. The Labute approximate surface area is 423 Å². The molecule has 0 fully saturated rings. The Morgan fingerprint density at radius 2 is 0.875 bits per heavy atom. The summed E-state index contributed by atoms with van der Waals surface area (Å²) in [4.78, 5) is 7.45. The van der Waals surface area contributed by atoms with E-state index >= 15 is 0 Å². The number of rotatable bonds is 6. The second kappa shape index (κ2) is 15.5. The summed E-state index contributed by atoms with van der Waals surface area (Å²) in [6.45, 7) is 4.90. The van der Waals surface area contributed by atoms with Crippen LogP contribution >= 0.6 is 11.8 Å². The summed E-state index contributed by atoms with van der Waals surface area (Å²) in [7, 11) is 0. The molecule has 1 aromatic heterocycles. The first-order valence-electron chi connectivity index (χ1n) is 24.9. The third kappa shape index (κ3) is 5.70. The Balaban J connectivity index is 0.956. The summed E-state index contributed by atoms with van der Waals surface area (Å²) < 4.78 is 6.92. The van der Waals surface area contributed by atoms with Gasteiger partial charge in [0.05, 0.1) is 16.8 Å². The van der Waals surface area contributed by atoms with Gasteiger partial charge in [0.15, 0.2) is 5.58 Å². The lowest BCUT2D eigenvalue weighted by atomic mass is 9.66. The van der Waals surface area contributed by atoms with Gasteiger partial charge in [0, 0.05) is 48.7 Å². The molecular weight excluding hydrogens is 893 g/mol. The van der Waals surface area contributed by atoms with E-state index in [0.29, 0.717) is 0 Å². The van der Waals surface area contributed by atoms with Crippen molar-refractivity contribution < 1.29 is 4.42 Å². The van der Waals surface area contributed by atoms with E-state index < -0.39 is 5.41 Å². The van der Waals surface area contributed by atoms with Gasteiger partial charge in [0.25, 0.3) is 0 Å². The third-order valence-electron chi connectivity index (χ3n) is 15.8. The van der Waals surface area contributed by atoms with Crippen LogP contribution in [0.1, 0.15) is 47.2 Å². The van der Waals surface area contributed by atoms with Crippen molar-refractivity contribution >= 4 is 78.6 Å². The molecule has 0 atom stereocenters. The van der Waals surface area contributed by atoms with Crippen LogP contribution in [0.3, 0.4) is 0 Å². The zero-order chi connectivity index (χ0) is 47.7. The Bertz CT molecular complexity index is 4090. The van der Waals surface area contributed by atoms with Gasteiger partial charge in [0.1, 0.15) is 5.58 Å². The summed E-state index contributed by atoms with van der Waals surface area (Å²) in [5.74, 6) is 0. The van der Waals surface area contributed by atoms with Gasteiger partial charge in [-0.25, -0.2) is 0 Å². The van der Waals surface area contributed by atoms with Crippen molar-refractivity contribution in [3.8, 4) is 22.3 Å². The molecule has 2 heterocycles. The monoisotopic (exact) mass is 938 g/mol. The van der Waals surface area contributed by atoms with Gasteiger partial charge < -0.3 is 14.2 Å². The highest BCUT2D eigenvalue weighted by atomic mass is 32.2. The molecule has 3 nitrogen and oxygen atoms in total. The summed E-state index contributed by atoms with van der Waals surface area (Å²) in [6, 6.07) is 89.4. The second-order valence-corrected chi connectivity index (χ2v) is 21.0. The Morgan fingerprint density at radius 3 is 1.54 bits per heavy atom. The average Bonchev–Trinajstić information content (AvgIpc) is 4.03. The summed E-state index contributed by atoms with van der Waals surface area (Å²) in [5.41, 5.74) is 20.6. The maximum absolute atomic E-state index is 6.92. The second-order valence-electron chi connectivity index (χ2n) is 19.9. The zero-order valence-corrected chi connectivity index (χ0v) is 40.6. The van der Waals surface area contributed by atoms with Crippen molar-refractivity contribution in [1.29, 1.82) is 0 Å². The van der Waals surface area contributed by atoms with Crippen LogP contribution < -0.4 is 9.80 Å². The van der Waals surface area contributed by atoms with Crippen molar-refractivity contribution in [3.05, 3.63) is 276 Å². The maximum Gasteiger partial charge on any atom is 0.159 e. The minimum Gasteiger partial charge on any atom is -0.454 e. The third-order valence-corrected chi connectivity index (χ3v) is 17.1. The van der Waals surface area contributed by atoms with E-state index in [1.54, 1.807) is 0 Å². The molecule has 1 spiro atoms. The number of benzene rings is 11. The van der Waals surface area contributed by atoms with E-state index in [1.807, 2.05) is 11.8 Å². The van der Waals surface area contributed by atoms with Crippen LogP contribution in [0.2, 0.25) is 0 Å². The van der Waals surface area contributed by atoms with Crippen molar-refractivity contribution in [1.82, 2.24) is 0 Å². The SMILES string of the molecule is CC1(C)c2cc(N(c3ccccc3)c3cccc4c3oc3cc5ccccc5cc34)ccc2-c2ccc3c(c21)Sc1c(N(c2ccccc2)c2ccccc2)cccc1C31c2ccccc2-c2ccccc21. The Morgan fingerprint density at radius 1 is 0.361 bits per heavy atom. The van der Waals surface area contributed by atoms with E-state index in [2.05, 4.69) is 266 Å². The van der Waals surface area contributed by atoms with Crippen LogP contribution in [-0.4, -0.2) is 0 Å². The van der Waals surface area contributed by atoms with E-state index in [-0.39, 0.29) is 5.41 Å². The molecule has 0 unspecified atom stereocenters. The number of hydrogen-bond acceptors (Lipinski definition) is 4. The molecule has 0 radical (unpaired) electrons. The molecule has 12 aromatic rings. The van der Waals surface area contributed by atoms with Gasteiger partial charge in [-0.15, -0.1) is 0 Å². The predicted molar refractivity (Wildman–Crippen MR) is 300 cm³/mol. The van der Waals surface area contributed by atoms with Crippen molar-refractivity contribution in [3.63, 3.8) is 0 Å². The molecule has 0 amide bonds. The standard InChI is InChI=1S/C68H46N2OS/c1-67(2)59-42-48(70(47-26-10-5-11-27-47)60-34-18-30-53-54-40-43-20-12-13-21-44(43)41-62(54)71-64(53)60)36-37-51(59)52-38-39-58-66(63(52)67)72-65-57(68(58)55-31-16-14-28-49(55)50-29-15-17-32-56(50)68)33-19-35-61(65)69(45-22-6-3-7-23-45)46-24-8-4-9-25-46/h3-42H,1-2H3. The van der Waals surface area contributed by atoms with Crippen molar-refractivity contribution in [2.24, 2.45) is 0 Å². The molecule has 4 heteroatoms. The predicted octanol–water partition coefficient (Wildman–Crippen LogP) is 18.8. The molecule has 15 rings (SSSR count). The maximum atomic E-state index is 6.92. The number of anilines is 6. The van der Waals surface area contributed by atoms with Crippen LogP contribution in [0.15, 0.2) is 257 Å². The largest absolute Gasteiger partial charge is 0.454 e. The van der Waals surface area contributed by atoms with E-state index in [0.717, 1.165) is 50.4 Å². The lowest BCUT2D eigenvalue weighted by Crippen LogP contribution is -2.33. The summed E-state index contributed by atoms with van der Waals surface area (Å²) in [6.07, 6.45) is 0.